The van der Waals surface area contributed by atoms with Crippen LogP contribution in [-0.4, -0.2) is 45.0 Å². The minimum atomic E-state index is -4.51. The number of aryl methyl sites for hydroxylation is 1. The van der Waals surface area contributed by atoms with E-state index >= 15 is 0 Å². The first-order valence-corrected chi connectivity index (χ1v) is 11.1. The van der Waals surface area contributed by atoms with Gasteiger partial charge in [0.1, 0.15) is 17.2 Å². The number of carbonyl (C=O) groups is 2. The molecule has 2 N–H and O–H groups in total. The van der Waals surface area contributed by atoms with Crippen molar-refractivity contribution in [2.75, 3.05) is 12.4 Å². The standard InChI is InChI=1S/C23H26F3N5O3/c1-3-30-12-14(22(33)34-2)11-17(30)21(32)28-16-9-7-15(8-10-16)27-19-5-4-6-20-29-18(13-31(19)20)23(24,25)26/h4-6,11-13,15-16,27H,3,7-10H2,1-2H3,(H,28,32)/t15-,16+. The van der Waals surface area contributed by atoms with Crippen LogP contribution >= 0.6 is 0 Å². The second-order valence-corrected chi connectivity index (χ2v) is 8.32. The number of halogens is 3. The summed E-state index contributed by atoms with van der Waals surface area (Å²) in [6, 6.07) is 6.47. The van der Waals surface area contributed by atoms with Crippen LogP contribution in [0.25, 0.3) is 5.65 Å². The van der Waals surface area contributed by atoms with Crippen molar-refractivity contribution < 1.29 is 27.5 Å². The minimum Gasteiger partial charge on any atom is -0.465 e. The van der Waals surface area contributed by atoms with Gasteiger partial charge in [0.25, 0.3) is 5.91 Å². The van der Waals surface area contributed by atoms with E-state index in [9.17, 15) is 22.8 Å². The number of carbonyl (C=O) groups excluding carboxylic acids is 2. The molecule has 11 heteroatoms. The zero-order valence-corrected chi connectivity index (χ0v) is 18.9. The van der Waals surface area contributed by atoms with Gasteiger partial charge in [-0.3, -0.25) is 9.20 Å². The zero-order valence-electron chi connectivity index (χ0n) is 18.9. The molecule has 0 bridgehead atoms. The first-order chi connectivity index (χ1) is 16.2. The van der Waals surface area contributed by atoms with E-state index in [1.165, 1.54) is 23.6 Å². The SMILES string of the molecule is CCn1cc(C(=O)OC)cc1C(=O)N[C@H]1CC[C@@H](Nc2cccc3nc(C(F)(F)F)cn23)CC1. The van der Waals surface area contributed by atoms with Gasteiger partial charge in [0.05, 0.1) is 12.7 Å². The van der Waals surface area contributed by atoms with Crippen LogP contribution in [0.15, 0.2) is 36.7 Å². The summed E-state index contributed by atoms with van der Waals surface area (Å²) < 4.78 is 47.0. The van der Waals surface area contributed by atoms with Gasteiger partial charge in [-0.25, -0.2) is 9.78 Å². The summed E-state index contributed by atoms with van der Waals surface area (Å²) in [5.74, 6) is -0.205. The molecule has 1 fully saturated rings. The summed E-state index contributed by atoms with van der Waals surface area (Å²) in [4.78, 5) is 28.3. The third-order valence-electron chi connectivity index (χ3n) is 6.09. The Kier molecular flexibility index (Phi) is 6.54. The normalized spacial score (nSPS) is 18.6. The molecule has 182 valence electrons. The first kappa shape index (κ1) is 23.7. The number of ether oxygens (including phenoxy) is 1. The summed E-state index contributed by atoms with van der Waals surface area (Å²) in [6.07, 6.45) is 1.00. The van der Waals surface area contributed by atoms with Crippen LogP contribution in [0.2, 0.25) is 0 Å². The van der Waals surface area contributed by atoms with E-state index in [0.29, 0.717) is 36.5 Å². The largest absolute Gasteiger partial charge is 0.465 e. The molecule has 3 aromatic heterocycles. The van der Waals surface area contributed by atoms with Gasteiger partial charge in [-0.2, -0.15) is 13.2 Å². The second kappa shape index (κ2) is 9.40. The third kappa shape index (κ3) is 4.87. The lowest BCUT2D eigenvalue weighted by Gasteiger charge is -2.30. The monoisotopic (exact) mass is 477 g/mol. The topological polar surface area (TPSA) is 89.7 Å². The molecule has 0 radical (unpaired) electrons. The fourth-order valence-corrected chi connectivity index (χ4v) is 4.31. The highest BCUT2D eigenvalue weighted by Crippen LogP contribution is 2.30. The van der Waals surface area contributed by atoms with Gasteiger partial charge in [-0.15, -0.1) is 0 Å². The number of anilines is 1. The molecule has 1 amide bonds. The smallest absolute Gasteiger partial charge is 0.434 e. The second-order valence-electron chi connectivity index (χ2n) is 8.32. The van der Waals surface area contributed by atoms with E-state index in [-0.39, 0.29) is 23.6 Å². The number of imidazole rings is 1. The summed E-state index contributed by atoms with van der Waals surface area (Å²) in [6.45, 7) is 2.42. The zero-order chi connectivity index (χ0) is 24.5. The number of methoxy groups -OCH3 is 1. The van der Waals surface area contributed by atoms with Gasteiger partial charge in [-0.05, 0) is 50.8 Å². The highest BCUT2D eigenvalue weighted by molar-refractivity contribution is 5.97. The molecule has 1 aliphatic carbocycles. The van der Waals surface area contributed by atoms with Gasteiger partial charge in [0.2, 0.25) is 0 Å². The van der Waals surface area contributed by atoms with Crippen molar-refractivity contribution in [3.8, 4) is 0 Å². The van der Waals surface area contributed by atoms with Gasteiger partial charge in [0.15, 0.2) is 5.69 Å². The van der Waals surface area contributed by atoms with Crippen LogP contribution in [0.1, 0.15) is 59.1 Å². The van der Waals surface area contributed by atoms with E-state index in [0.717, 1.165) is 19.0 Å². The quantitative estimate of drug-likeness (QED) is 0.522. The van der Waals surface area contributed by atoms with Gasteiger partial charge < -0.3 is 19.9 Å². The van der Waals surface area contributed by atoms with Crippen LogP contribution in [0.4, 0.5) is 19.0 Å². The molecule has 0 unspecified atom stereocenters. The van der Waals surface area contributed by atoms with Crippen LogP contribution < -0.4 is 10.6 Å². The minimum absolute atomic E-state index is 0.0341. The van der Waals surface area contributed by atoms with Crippen molar-refractivity contribution in [3.63, 3.8) is 0 Å². The number of esters is 1. The predicted molar refractivity (Wildman–Crippen MR) is 119 cm³/mol. The first-order valence-electron chi connectivity index (χ1n) is 11.1. The molecule has 34 heavy (non-hydrogen) atoms. The van der Waals surface area contributed by atoms with Crippen molar-refractivity contribution in [2.24, 2.45) is 0 Å². The number of nitrogens with one attached hydrogen (secondary N) is 2. The third-order valence-corrected chi connectivity index (χ3v) is 6.09. The lowest BCUT2D eigenvalue weighted by molar-refractivity contribution is -0.140. The van der Waals surface area contributed by atoms with Gasteiger partial charge >= 0.3 is 12.1 Å². The number of nitrogens with zero attached hydrogens (tertiary/aromatic N) is 3. The molecule has 0 aromatic carbocycles. The highest BCUT2D eigenvalue weighted by atomic mass is 19.4. The molecule has 0 saturated heterocycles. The summed E-state index contributed by atoms with van der Waals surface area (Å²) in [5.41, 5.74) is 0.0176. The molecular formula is C23H26F3N5O3. The Bertz CT molecular complexity index is 1190. The number of fused-ring (bicyclic) bond motifs is 1. The Morgan fingerprint density at radius 1 is 1.15 bits per heavy atom. The van der Waals surface area contributed by atoms with Crippen molar-refractivity contribution >= 4 is 23.3 Å². The van der Waals surface area contributed by atoms with E-state index in [4.69, 9.17) is 4.74 Å². The number of rotatable bonds is 6. The van der Waals surface area contributed by atoms with Crippen LogP contribution in [0.3, 0.4) is 0 Å². The molecular weight excluding hydrogens is 451 g/mol. The fraction of sp³-hybridized carbons (Fsp3) is 0.435. The van der Waals surface area contributed by atoms with E-state index in [2.05, 4.69) is 15.6 Å². The Labute approximate surface area is 194 Å². The average Bonchev–Trinajstić information content (AvgIpc) is 3.45. The lowest BCUT2D eigenvalue weighted by Crippen LogP contribution is -2.40. The van der Waals surface area contributed by atoms with Gasteiger partial charge in [-0.1, -0.05) is 6.07 Å². The summed E-state index contributed by atoms with van der Waals surface area (Å²) >= 11 is 0. The number of alkyl halides is 3. The maximum Gasteiger partial charge on any atom is 0.434 e. The highest BCUT2D eigenvalue weighted by Gasteiger charge is 2.34. The molecule has 8 nitrogen and oxygen atoms in total. The van der Waals surface area contributed by atoms with Crippen LogP contribution in [0.5, 0.6) is 0 Å². The lowest BCUT2D eigenvalue weighted by atomic mass is 9.91. The Hall–Kier alpha value is -3.50. The van der Waals surface area contributed by atoms with Gasteiger partial charge in [0, 0.05) is 31.0 Å². The molecule has 0 spiro atoms. The number of hydrogen-bond acceptors (Lipinski definition) is 5. The maximum atomic E-state index is 13.0. The predicted octanol–water partition coefficient (Wildman–Crippen LogP) is 4.11. The average molecular weight is 477 g/mol. The van der Waals surface area contributed by atoms with Crippen molar-refractivity contribution in [3.05, 3.63) is 53.6 Å². The molecule has 1 aliphatic rings. The number of amides is 1. The van der Waals surface area contributed by atoms with Crippen molar-refractivity contribution in [2.45, 2.75) is 57.4 Å². The molecule has 3 aromatic rings. The van der Waals surface area contributed by atoms with Crippen LogP contribution in [0, 0.1) is 0 Å². The van der Waals surface area contributed by atoms with E-state index < -0.39 is 17.8 Å². The van der Waals surface area contributed by atoms with Crippen molar-refractivity contribution in [1.82, 2.24) is 19.3 Å². The Morgan fingerprint density at radius 3 is 2.50 bits per heavy atom. The molecule has 0 aliphatic heterocycles. The molecule has 0 atom stereocenters. The molecule has 1 saturated carbocycles. The Morgan fingerprint density at radius 2 is 1.85 bits per heavy atom. The Balaban J connectivity index is 1.37. The molecule has 4 rings (SSSR count). The number of hydrogen-bond donors (Lipinski definition) is 2. The molecule has 3 heterocycles. The fourth-order valence-electron chi connectivity index (χ4n) is 4.31. The van der Waals surface area contributed by atoms with Crippen LogP contribution in [-0.2, 0) is 17.5 Å². The number of pyridine rings is 1. The van der Waals surface area contributed by atoms with E-state index in [1.807, 2.05) is 6.92 Å². The maximum absolute atomic E-state index is 13.0. The number of aromatic nitrogens is 3. The van der Waals surface area contributed by atoms with E-state index in [1.54, 1.807) is 22.9 Å². The summed E-state index contributed by atoms with van der Waals surface area (Å²) in [7, 11) is 1.29. The summed E-state index contributed by atoms with van der Waals surface area (Å²) in [5, 5.41) is 6.36. The van der Waals surface area contributed by atoms with Crippen molar-refractivity contribution in [1.29, 1.82) is 0 Å².